The van der Waals surface area contributed by atoms with Crippen molar-refractivity contribution in [2.24, 2.45) is 5.92 Å². The summed E-state index contributed by atoms with van der Waals surface area (Å²) >= 11 is 0. The van der Waals surface area contributed by atoms with E-state index in [0.717, 1.165) is 39.0 Å². The third kappa shape index (κ3) is 4.28. The molecule has 2 heterocycles. The molecule has 2 aliphatic heterocycles. The number of carbonyl (C=O) groups is 2. The van der Waals surface area contributed by atoms with Crippen LogP contribution in [0.2, 0.25) is 0 Å². The molecular formula is C14H21N5O2. The van der Waals surface area contributed by atoms with Crippen LogP contribution in [0.5, 0.6) is 0 Å². The summed E-state index contributed by atoms with van der Waals surface area (Å²) < 4.78 is 0. The van der Waals surface area contributed by atoms with Crippen molar-refractivity contribution in [1.29, 1.82) is 5.26 Å². The van der Waals surface area contributed by atoms with Crippen LogP contribution in [0.3, 0.4) is 0 Å². The van der Waals surface area contributed by atoms with E-state index in [4.69, 9.17) is 5.26 Å². The fraction of sp³-hybridized carbons (Fsp3) is 0.643. The predicted molar refractivity (Wildman–Crippen MR) is 76.9 cm³/mol. The van der Waals surface area contributed by atoms with E-state index in [9.17, 15) is 9.59 Å². The largest absolute Gasteiger partial charge is 0.335 e. The zero-order valence-corrected chi connectivity index (χ0v) is 12.0. The van der Waals surface area contributed by atoms with Crippen LogP contribution in [0.1, 0.15) is 12.8 Å². The summed E-state index contributed by atoms with van der Waals surface area (Å²) in [6, 6.07) is 1.88. The maximum absolute atomic E-state index is 12.2. The van der Waals surface area contributed by atoms with Crippen LogP contribution in [0.4, 0.5) is 0 Å². The molecule has 0 saturated carbocycles. The number of nitrogens with one attached hydrogen (secondary N) is 3. The van der Waals surface area contributed by atoms with Crippen molar-refractivity contribution >= 4 is 11.8 Å². The van der Waals surface area contributed by atoms with Crippen molar-refractivity contribution in [1.82, 2.24) is 20.9 Å². The molecule has 0 bridgehead atoms. The molecule has 2 amide bonds. The molecule has 0 spiro atoms. The zero-order valence-electron chi connectivity index (χ0n) is 12.0. The Hall–Kier alpha value is -1.91. The lowest BCUT2D eigenvalue weighted by atomic mass is 9.97. The third-order valence-electron chi connectivity index (χ3n) is 3.82. The fourth-order valence-corrected chi connectivity index (χ4v) is 2.53. The van der Waals surface area contributed by atoms with E-state index in [2.05, 4.69) is 16.0 Å². The highest BCUT2D eigenvalue weighted by Gasteiger charge is 2.22. The molecule has 2 fully saturated rings. The molecule has 2 aliphatic rings. The first kappa shape index (κ1) is 15.5. The molecule has 0 atom stereocenters. The summed E-state index contributed by atoms with van der Waals surface area (Å²) in [5.74, 6) is -0.473. The second kappa shape index (κ2) is 7.76. The van der Waals surface area contributed by atoms with Crippen LogP contribution in [-0.2, 0) is 9.59 Å². The van der Waals surface area contributed by atoms with Crippen LogP contribution >= 0.6 is 0 Å². The second-order valence-electron chi connectivity index (χ2n) is 5.24. The summed E-state index contributed by atoms with van der Waals surface area (Å²) in [5.41, 5.74) is -0.0146. The van der Waals surface area contributed by atoms with Crippen LogP contribution in [0, 0.1) is 17.2 Å². The highest BCUT2D eigenvalue weighted by atomic mass is 16.2. The average Bonchev–Trinajstić information content (AvgIpc) is 2.56. The van der Waals surface area contributed by atoms with Gasteiger partial charge in [0.1, 0.15) is 11.6 Å². The Balaban J connectivity index is 1.91. The molecule has 7 nitrogen and oxygen atoms in total. The van der Waals surface area contributed by atoms with Crippen molar-refractivity contribution in [2.45, 2.75) is 12.8 Å². The van der Waals surface area contributed by atoms with Crippen molar-refractivity contribution < 1.29 is 9.59 Å². The van der Waals surface area contributed by atoms with Gasteiger partial charge in [-0.05, 0) is 25.9 Å². The number of piperidine rings is 1. The van der Waals surface area contributed by atoms with Gasteiger partial charge >= 0.3 is 0 Å². The first-order chi connectivity index (χ1) is 10.2. The maximum Gasteiger partial charge on any atom is 0.266 e. The van der Waals surface area contributed by atoms with E-state index in [1.165, 1.54) is 6.20 Å². The van der Waals surface area contributed by atoms with Gasteiger partial charge in [0, 0.05) is 38.3 Å². The van der Waals surface area contributed by atoms with Crippen LogP contribution in [-0.4, -0.2) is 56.0 Å². The smallest absolute Gasteiger partial charge is 0.266 e. The number of hydrogen-bond acceptors (Lipinski definition) is 5. The first-order valence-corrected chi connectivity index (χ1v) is 7.33. The Kier molecular flexibility index (Phi) is 5.72. The average molecular weight is 291 g/mol. The maximum atomic E-state index is 12.2. The van der Waals surface area contributed by atoms with Gasteiger partial charge in [-0.25, -0.2) is 0 Å². The van der Waals surface area contributed by atoms with Gasteiger partial charge in [-0.2, -0.15) is 5.26 Å². The molecule has 0 aromatic heterocycles. The molecular weight excluding hydrogens is 270 g/mol. The summed E-state index contributed by atoms with van der Waals surface area (Å²) in [6.45, 7) is 4.27. The highest BCUT2D eigenvalue weighted by molar-refractivity contribution is 5.97. The summed E-state index contributed by atoms with van der Waals surface area (Å²) in [4.78, 5) is 25.8. The molecule has 114 valence electrons. The quantitative estimate of drug-likeness (QED) is 0.455. The number of amides is 2. The van der Waals surface area contributed by atoms with Crippen molar-refractivity contribution in [3.05, 3.63) is 11.8 Å². The molecule has 2 saturated heterocycles. The first-order valence-electron chi connectivity index (χ1n) is 7.33. The number of nitrogens with zero attached hydrogens (tertiary/aromatic N) is 2. The van der Waals surface area contributed by atoms with Crippen LogP contribution in [0.25, 0.3) is 0 Å². The molecule has 21 heavy (non-hydrogen) atoms. The van der Waals surface area contributed by atoms with Gasteiger partial charge in [-0.1, -0.05) is 0 Å². The minimum atomic E-state index is -0.315. The topological polar surface area (TPSA) is 97.3 Å². The monoisotopic (exact) mass is 291 g/mol. The van der Waals surface area contributed by atoms with E-state index >= 15 is 0 Å². The van der Waals surface area contributed by atoms with E-state index in [1.807, 2.05) is 6.07 Å². The van der Waals surface area contributed by atoms with Crippen LogP contribution < -0.4 is 16.0 Å². The van der Waals surface area contributed by atoms with Gasteiger partial charge in [-0.15, -0.1) is 0 Å². The molecule has 7 heteroatoms. The third-order valence-corrected chi connectivity index (χ3v) is 3.82. The fourth-order valence-electron chi connectivity index (χ4n) is 2.53. The molecule has 0 unspecified atom stereocenters. The normalized spacial score (nSPS) is 20.7. The van der Waals surface area contributed by atoms with Gasteiger partial charge in [0.05, 0.1) is 0 Å². The Morgan fingerprint density at radius 3 is 2.38 bits per heavy atom. The summed E-state index contributed by atoms with van der Waals surface area (Å²) in [6.07, 6.45) is 2.83. The van der Waals surface area contributed by atoms with E-state index in [-0.39, 0.29) is 23.3 Å². The van der Waals surface area contributed by atoms with Gasteiger partial charge in [0.2, 0.25) is 5.91 Å². The Morgan fingerprint density at radius 1 is 1.14 bits per heavy atom. The lowest BCUT2D eigenvalue weighted by molar-refractivity contribution is -0.127. The SMILES string of the molecule is N#C/C(=C/NC(=O)C1CCNCC1)C(=O)N1CCNCC1. The number of carbonyl (C=O) groups excluding carboxylic acids is 2. The Bertz CT molecular complexity index is 456. The van der Waals surface area contributed by atoms with Crippen LogP contribution in [0.15, 0.2) is 11.8 Å². The molecule has 0 aromatic carbocycles. The summed E-state index contributed by atoms with van der Waals surface area (Å²) in [5, 5.41) is 18.1. The highest BCUT2D eigenvalue weighted by Crippen LogP contribution is 2.11. The summed E-state index contributed by atoms with van der Waals surface area (Å²) in [7, 11) is 0. The molecule has 3 N–H and O–H groups in total. The van der Waals surface area contributed by atoms with E-state index < -0.39 is 0 Å². The lowest BCUT2D eigenvalue weighted by Crippen LogP contribution is -2.47. The van der Waals surface area contributed by atoms with Gasteiger partial charge in [-0.3, -0.25) is 9.59 Å². The Morgan fingerprint density at radius 2 is 1.76 bits per heavy atom. The van der Waals surface area contributed by atoms with Crippen molar-refractivity contribution in [3.8, 4) is 6.07 Å². The Labute approximate surface area is 124 Å². The second-order valence-corrected chi connectivity index (χ2v) is 5.24. The number of rotatable bonds is 3. The number of hydrogen-bond donors (Lipinski definition) is 3. The minimum absolute atomic E-state index is 0.0146. The molecule has 0 radical (unpaired) electrons. The van der Waals surface area contributed by atoms with E-state index in [1.54, 1.807) is 4.90 Å². The standard InChI is InChI=1S/C14H21N5O2/c15-9-12(14(21)19-7-5-17-6-8-19)10-18-13(20)11-1-3-16-4-2-11/h10-11,16-17H,1-8H2,(H,18,20)/b12-10-. The van der Waals surface area contributed by atoms with Crippen molar-refractivity contribution in [2.75, 3.05) is 39.3 Å². The number of nitriles is 1. The minimum Gasteiger partial charge on any atom is -0.335 e. The number of piperazine rings is 1. The zero-order chi connectivity index (χ0) is 15.1. The van der Waals surface area contributed by atoms with Crippen molar-refractivity contribution in [3.63, 3.8) is 0 Å². The van der Waals surface area contributed by atoms with E-state index in [0.29, 0.717) is 13.1 Å². The van der Waals surface area contributed by atoms with Gasteiger partial charge in [0.15, 0.2) is 0 Å². The molecule has 0 aromatic rings. The lowest BCUT2D eigenvalue weighted by Gasteiger charge is -2.27. The molecule has 2 rings (SSSR count). The predicted octanol–water partition coefficient (Wildman–Crippen LogP) is -1.06. The van der Waals surface area contributed by atoms with Gasteiger partial charge in [0.25, 0.3) is 5.91 Å². The molecule has 0 aliphatic carbocycles. The van der Waals surface area contributed by atoms with Gasteiger partial charge < -0.3 is 20.9 Å².